The highest BCUT2D eigenvalue weighted by Crippen LogP contribution is 2.16. The number of rotatable bonds is 7. The lowest BCUT2D eigenvalue weighted by molar-refractivity contribution is -0.121. The average Bonchev–Trinajstić information content (AvgIpc) is 2.47. The van der Waals surface area contributed by atoms with Crippen LogP contribution in [0.4, 0.5) is 5.69 Å². The summed E-state index contributed by atoms with van der Waals surface area (Å²) in [6.07, 6.45) is 0.195. The van der Waals surface area contributed by atoms with Crippen molar-refractivity contribution in [2.75, 3.05) is 31.7 Å². The molecule has 0 fully saturated rings. The van der Waals surface area contributed by atoms with E-state index in [4.69, 9.17) is 10.00 Å². The van der Waals surface area contributed by atoms with Gasteiger partial charge in [0.05, 0.1) is 18.2 Å². The van der Waals surface area contributed by atoms with Crippen molar-refractivity contribution in [3.05, 3.63) is 29.8 Å². The van der Waals surface area contributed by atoms with E-state index in [0.29, 0.717) is 24.4 Å². The zero-order valence-corrected chi connectivity index (χ0v) is 12.3. The summed E-state index contributed by atoms with van der Waals surface area (Å²) in [5.74, 6) is -0.315. The molecular weight excluding hydrogens is 270 g/mol. The standard InChI is InChI=1S/C15H19N3O3/c1-12(19)18(8-6-15(20)17-7-9-21-2)14-5-3-4-13(10-14)11-16/h3-5,10H,6-9H2,1-2H3,(H,17,20). The highest BCUT2D eigenvalue weighted by molar-refractivity contribution is 5.92. The molecule has 1 rings (SSSR count). The molecule has 1 aromatic rings. The van der Waals surface area contributed by atoms with Gasteiger partial charge >= 0.3 is 0 Å². The number of ether oxygens (including phenoxy) is 1. The highest BCUT2D eigenvalue weighted by atomic mass is 16.5. The summed E-state index contributed by atoms with van der Waals surface area (Å²) >= 11 is 0. The van der Waals surface area contributed by atoms with Crippen molar-refractivity contribution in [2.45, 2.75) is 13.3 Å². The van der Waals surface area contributed by atoms with E-state index in [2.05, 4.69) is 5.32 Å². The van der Waals surface area contributed by atoms with Gasteiger partial charge in [0.25, 0.3) is 0 Å². The Morgan fingerprint density at radius 1 is 1.43 bits per heavy atom. The van der Waals surface area contributed by atoms with Crippen LogP contribution in [-0.4, -0.2) is 38.6 Å². The summed E-state index contributed by atoms with van der Waals surface area (Å²) in [7, 11) is 1.56. The van der Waals surface area contributed by atoms with Gasteiger partial charge in [0.2, 0.25) is 11.8 Å². The van der Waals surface area contributed by atoms with Gasteiger partial charge < -0.3 is 15.0 Å². The van der Waals surface area contributed by atoms with Gasteiger partial charge in [-0.25, -0.2) is 0 Å². The van der Waals surface area contributed by atoms with E-state index in [0.717, 1.165) is 0 Å². The van der Waals surface area contributed by atoms with Crippen LogP contribution in [0.2, 0.25) is 0 Å². The summed E-state index contributed by atoms with van der Waals surface area (Å²) in [5.41, 5.74) is 1.09. The van der Waals surface area contributed by atoms with E-state index < -0.39 is 0 Å². The minimum atomic E-state index is -0.171. The van der Waals surface area contributed by atoms with E-state index in [-0.39, 0.29) is 24.8 Å². The maximum atomic E-state index is 11.7. The highest BCUT2D eigenvalue weighted by Gasteiger charge is 2.13. The summed E-state index contributed by atoms with van der Waals surface area (Å²) < 4.78 is 4.84. The molecule has 0 atom stereocenters. The van der Waals surface area contributed by atoms with Crippen LogP contribution in [0.1, 0.15) is 18.9 Å². The number of nitrogens with one attached hydrogen (secondary N) is 1. The average molecular weight is 289 g/mol. The molecule has 0 saturated heterocycles. The predicted molar refractivity (Wildman–Crippen MR) is 78.7 cm³/mol. The predicted octanol–water partition coefficient (Wildman–Crippen LogP) is 1.06. The second-order valence-corrected chi connectivity index (χ2v) is 4.43. The van der Waals surface area contributed by atoms with E-state index in [1.54, 1.807) is 31.4 Å². The lowest BCUT2D eigenvalue weighted by Gasteiger charge is -2.21. The van der Waals surface area contributed by atoms with Crippen LogP contribution in [0.3, 0.4) is 0 Å². The van der Waals surface area contributed by atoms with Gasteiger partial charge in [0.15, 0.2) is 0 Å². The zero-order chi connectivity index (χ0) is 15.7. The third-order valence-corrected chi connectivity index (χ3v) is 2.86. The number of anilines is 1. The number of methoxy groups -OCH3 is 1. The first-order valence-corrected chi connectivity index (χ1v) is 6.62. The molecule has 1 aromatic carbocycles. The van der Waals surface area contributed by atoms with Crippen molar-refractivity contribution < 1.29 is 14.3 Å². The third-order valence-electron chi connectivity index (χ3n) is 2.86. The van der Waals surface area contributed by atoms with Gasteiger partial charge in [-0.2, -0.15) is 5.26 Å². The van der Waals surface area contributed by atoms with Crippen LogP contribution < -0.4 is 10.2 Å². The van der Waals surface area contributed by atoms with Gasteiger partial charge in [-0.3, -0.25) is 9.59 Å². The SMILES string of the molecule is COCCNC(=O)CCN(C(C)=O)c1cccc(C#N)c1. The number of nitriles is 1. The van der Waals surface area contributed by atoms with Crippen LogP contribution in [0, 0.1) is 11.3 Å². The summed E-state index contributed by atoms with van der Waals surface area (Å²) in [6, 6.07) is 8.78. The quantitative estimate of drug-likeness (QED) is 0.761. The molecule has 2 amide bonds. The van der Waals surface area contributed by atoms with Gasteiger partial charge in [0, 0.05) is 39.2 Å². The molecule has 0 bridgehead atoms. The van der Waals surface area contributed by atoms with E-state index in [9.17, 15) is 9.59 Å². The number of benzene rings is 1. The molecule has 1 N–H and O–H groups in total. The smallest absolute Gasteiger partial charge is 0.223 e. The maximum Gasteiger partial charge on any atom is 0.223 e. The lowest BCUT2D eigenvalue weighted by Crippen LogP contribution is -2.34. The van der Waals surface area contributed by atoms with Crippen LogP contribution in [0.5, 0.6) is 0 Å². The van der Waals surface area contributed by atoms with E-state index >= 15 is 0 Å². The first-order valence-electron chi connectivity index (χ1n) is 6.62. The molecule has 6 nitrogen and oxygen atoms in total. The Hall–Kier alpha value is -2.39. The van der Waals surface area contributed by atoms with Gasteiger partial charge in [-0.05, 0) is 18.2 Å². The number of carbonyl (C=O) groups is 2. The largest absolute Gasteiger partial charge is 0.383 e. The Kier molecular flexibility index (Phi) is 6.92. The molecule has 0 radical (unpaired) electrons. The second kappa shape index (κ2) is 8.72. The van der Waals surface area contributed by atoms with Crippen LogP contribution >= 0.6 is 0 Å². The fourth-order valence-corrected chi connectivity index (χ4v) is 1.81. The van der Waals surface area contributed by atoms with Gasteiger partial charge in [0.1, 0.15) is 0 Å². The molecular formula is C15H19N3O3. The molecule has 0 spiro atoms. The summed E-state index contributed by atoms with van der Waals surface area (Å²) in [5, 5.41) is 11.6. The third kappa shape index (κ3) is 5.63. The van der Waals surface area contributed by atoms with Crippen molar-refractivity contribution >= 4 is 17.5 Å². The fraction of sp³-hybridized carbons (Fsp3) is 0.400. The topological polar surface area (TPSA) is 82.4 Å². The Labute approximate surface area is 124 Å². The van der Waals surface area contributed by atoms with Crippen molar-refractivity contribution in [1.29, 1.82) is 5.26 Å². The van der Waals surface area contributed by atoms with Gasteiger partial charge in [-0.1, -0.05) is 6.07 Å². The molecule has 0 unspecified atom stereocenters. The Morgan fingerprint density at radius 2 is 2.19 bits per heavy atom. The summed E-state index contributed by atoms with van der Waals surface area (Å²) in [6.45, 7) is 2.59. The minimum absolute atomic E-state index is 0.144. The normalized spacial score (nSPS) is 9.76. The van der Waals surface area contributed by atoms with Crippen LogP contribution in [-0.2, 0) is 14.3 Å². The van der Waals surface area contributed by atoms with Gasteiger partial charge in [-0.15, -0.1) is 0 Å². The number of amides is 2. The molecule has 0 aliphatic heterocycles. The van der Waals surface area contributed by atoms with Crippen LogP contribution in [0.25, 0.3) is 0 Å². The monoisotopic (exact) mass is 289 g/mol. The molecule has 112 valence electrons. The van der Waals surface area contributed by atoms with Crippen LogP contribution in [0.15, 0.2) is 24.3 Å². The van der Waals surface area contributed by atoms with E-state index in [1.807, 2.05) is 6.07 Å². The zero-order valence-electron chi connectivity index (χ0n) is 12.3. The number of hydrogen-bond acceptors (Lipinski definition) is 4. The van der Waals surface area contributed by atoms with Crippen molar-refractivity contribution in [3.63, 3.8) is 0 Å². The molecule has 0 heterocycles. The Morgan fingerprint density at radius 3 is 2.81 bits per heavy atom. The second-order valence-electron chi connectivity index (χ2n) is 4.43. The number of hydrogen-bond donors (Lipinski definition) is 1. The van der Waals surface area contributed by atoms with Crippen molar-refractivity contribution in [2.24, 2.45) is 0 Å². The molecule has 0 saturated carbocycles. The molecule has 0 aliphatic rings. The first kappa shape index (κ1) is 16.7. The Balaban J connectivity index is 2.64. The maximum absolute atomic E-state index is 11.7. The number of carbonyl (C=O) groups excluding carboxylic acids is 2. The molecule has 0 aromatic heterocycles. The first-order chi connectivity index (χ1) is 10.1. The molecule has 0 aliphatic carbocycles. The van der Waals surface area contributed by atoms with E-state index in [1.165, 1.54) is 11.8 Å². The number of nitrogens with zero attached hydrogens (tertiary/aromatic N) is 2. The fourth-order valence-electron chi connectivity index (χ4n) is 1.81. The lowest BCUT2D eigenvalue weighted by atomic mass is 10.2. The van der Waals surface area contributed by atoms with Crippen molar-refractivity contribution in [3.8, 4) is 6.07 Å². The van der Waals surface area contributed by atoms with Crippen molar-refractivity contribution in [1.82, 2.24) is 5.32 Å². The minimum Gasteiger partial charge on any atom is -0.383 e. The Bertz CT molecular complexity index is 537. The molecule has 6 heteroatoms. The molecule has 21 heavy (non-hydrogen) atoms. The summed E-state index contributed by atoms with van der Waals surface area (Å²) in [4.78, 5) is 24.8.